The number of likely N-dealkylation sites (tertiary alicyclic amines) is 1. The molecule has 0 aliphatic carbocycles. The summed E-state index contributed by atoms with van der Waals surface area (Å²) in [6, 6.07) is 7.78. The molecule has 1 aromatic heterocycles. The molecule has 0 spiro atoms. The van der Waals surface area contributed by atoms with Crippen LogP contribution in [0.15, 0.2) is 24.3 Å². The number of nitrogen functional groups attached to an aromatic ring is 1. The van der Waals surface area contributed by atoms with Gasteiger partial charge in [-0.05, 0) is 38.0 Å². The van der Waals surface area contributed by atoms with Gasteiger partial charge in [0.1, 0.15) is 12.4 Å². The standard InChI is InChI=1S/C19H25N3O2.CO2/c1-12(2)19(23)22-9-5-6-14(22)11-24-17-8-4-7-16-18(17)15(20)10-13(3)21-16;2-1-3/h4,7-8,10,12,14H,5-6,9,11H2,1-3H3,(H2,20,21);/t14-;/m0./s1. The summed E-state index contributed by atoms with van der Waals surface area (Å²) in [7, 11) is 0. The molecule has 1 amide bonds. The Labute approximate surface area is 158 Å². The van der Waals surface area contributed by atoms with Crippen LogP contribution < -0.4 is 10.5 Å². The molecule has 1 atom stereocenters. The van der Waals surface area contributed by atoms with Crippen molar-refractivity contribution in [2.24, 2.45) is 5.92 Å². The highest BCUT2D eigenvalue weighted by Crippen LogP contribution is 2.31. The van der Waals surface area contributed by atoms with Crippen molar-refractivity contribution in [2.45, 2.75) is 39.7 Å². The van der Waals surface area contributed by atoms with Crippen molar-refractivity contribution in [1.29, 1.82) is 0 Å². The molecule has 1 aliphatic heterocycles. The van der Waals surface area contributed by atoms with Crippen LogP contribution in [0.25, 0.3) is 10.9 Å². The lowest BCUT2D eigenvalue weighted by molar-refractivity contribution is -0.191. The fraction of sp³-hybridized carbons (Fsp3) is 0.450. The first-order chi connectivity index (χ1) is 12.9. The minimum atomic E-state index is 0.0194. The lowest BCUT2D eigenvalue weighted by atomic mass is 10.1. The second-order valence-electron chi connectivity index (χ2n) is 6.88. The number of carbonyl (C=O) groups excluding carboxylic acids is 3. The molecule has 7 nitrogen and oxygen atoms in total. The maximum absolute atomic E-state index is 12.3. The van der Waals surface area contributed by atoms with E-state index in [2.05, 4.69) is 4.98 Å². The van der Waals surface area contributed by atoms with Crippen molar-refractivity contribution in [1.82, 2.24) is 9.88 Å². The monoisotopic (exact) mass is 371 g/mol. The maximum atomic E-state index is 12.3. The molecule has 2 heterocycles. The smallest absolute Gasteiger partial charge is 0.373 e. The number of carbonyl (C=O) groups is 1. The van der Waals surface area contributed by atoms with Crippen LogP contribution in [-0.2, 0) is 14.4 Å². The van der Waals surface area contributed by atoms with Gasteiger partial charge in [0.15, 0.2) is 0 Å². The number of benzene rings is 1. The van der Waals surface area contributed by atoms with E-state index in [1.165, 1.54) is 0 Å². The van der Waals surface area contributed by atoms with Gasteiger partial charge in [0.05, 0.1) is 16.9 Å². The number of anilines is 1. The number of hydrogen-bond donors (Lipinski definition) is 1. The van der Waals surface area contributed by atoms with E-state index in [9.17, 15) is 4.79 Å². The van der Waals surface area contributed by atoms with Crippen LogP contribution in [0.3, 0.4) is 0 Å². The summed E-state index contributed by atoms with van der Waals surface area (Å²) >= 11 is 0. The van der Waals surface area contributed by atoms with Crippen molar-refractivity contribution >= 4 is 28.6 Å². The Bertz CT molecular complexity index is 844. The Morgan fingerprint density at radius 1 is 1.41 bits per heavy atom. The molecule has 0 radical (unpaired) electrons. The fourth-order valence-corrected chi connectivity index (χ4v) is 3.36. The third-order valence-corrected chi connectivity index (χ3v) is 4.54. The van der Waals surface area contributed by atoms with Crippen molar-refractivity contribution in [2.75, 3.05) is 18.9 Å². The minimum absolute atomic E-state index is 0.0194. The Morgan fingerprint density at radius 2 is 2.11 bits per heavy atom. The van der Waals surface area contributed by atoms with Gasteiger partial charge in [-0.1, -0.05) is 19.9 Å². The molecule has 0 bridgehead atoms. The highest BCUT2D eigenvalue weighted by atomic mass is 16.5. The summed E-state index contributed by atoms with van der Waals surface area (Å²) < 4.78 is 6.07. The van der Waals surface area contributed by atoms with Crippen molar-refractivity contribution in [3.8, 4) is 5.75 Å². The van der Waals surface area contributed by atoms with Gasteiger partial charge in [-0.2, -0.15) is 9.59 Å². The van der Waals surface area contributed by atoms with Gasteiger partial charge in [-0.25, -0.2) is 0 Å². The summed E-state index contributed by atoms with van der Waals surface area (Å²) in [5.74, 6) is 0.961. The summed E-state index contributed by atoms with van der Waals surface area (Å²) in [5, 5.41) is 0.850. The Morgan fingerprint density at radius 3 is 2.78 bits per heavy atom. The van der Waals surface area contributed by atoms with Gasteiger partial charge < -0.3 is 15.4 Å². The number of ether oxygens (including phenoxy) is 1. The predicted molar refractivity (Wildman–Crippen MR) is 101 cm³/mol. The lowest BCUT2D eigenvalue weighted by Gasteiger charge is -2.26. The molecular weight excluding hydrogens is 346 g/mol. The van der Waals surface area contributed by atoms with Crippen LogP contribution in [0.5, 0.6) is 5.75 Å². The third kappa shape index (κ3) is 4.83. The maximum Gasteiger partial charge on any atom is 0.373 e. The average molecular weight is 371 g/mol. The van der Waals surface area contributed by atoms with Crippen LogP contribution in [0.4, 0.5) is 5.69 Å². The van der Waals surface area contributed by atoms with Gasteiger partial charge >= 0.3 is 6.15 Å². The van der Waals surface area contributed by atoms with Gasteiger partial charge in [0.25, 0.3) is 0 Å². The third-order valence-electron chi connectivity index (χ3n) is 4.54. The topological polar surface area (TPSA) is 103 Å². The van der Waals surface area contributed by atoms with Crippen LogP contribution in [0.2, 0.25) is 0 Å². The molecular formula is C20H25N3O4. The zero-order valence-electron chi connectivity index (χ0n) is 15.9. The van der Waals surface area contributed by atoms with Crippen LogP contribution in [0.1, 0.15) is 32.4 Å². The molecule has 7 heteroatoms. The van der Waals surface area contributed by atoms with E-state index in [1.807, 2.05) is 49.9 Å². The van der Waals surface area contributed by atoms with Gasteiger partial charge in [0, 0.05) is 23.8 Å². The zero-order valence-corrected chi connectivity index (χ0v) is 15.9. The van der Waals surface area contributed by atoms with Crippen molar-refractivity contribution in [3.05, 3.63) is 30.0 Å². The first kappa shape index (κ1) is 20.4. The quantitative estimate of drug-likeness (QED) is 0.886. The number of hydrogen-bond acceptors (Lipinski definition) is 6. The Kier molecular flexibility index (Phi) is 6.91. The molecule has 2 N–H and O–H groups in total. The molecule has 0 unspecified atom stereocenters. The number of nitrogens with two attached hydrogens (primary N) is 1. The number of nitrogens with zero attached hydrogens (tertiary/aromatic N) is 2. The van der Waals surface area contributed by atoms with E-state index in [-0.39, 0.29) is 24.0 Å². The van der Waals surface area contributed by atoms with Gasteiger partial charge in [-0.15, -0.1) is 0 Å². The number of pyridine rings is 1. The average Bonchev–Trinajstić information content (AvgIpc) is 3.07. The highest BCUT2D eigenvalue weighted by Gasteiger charge is 2.30. The normalized spacial score (nSPS) is 16.0. The number of aromatic nitrogens is 1. The van der Waals surface area contributed by atoms with Gasteiger partial charge in [0.2, 0.25) is 5.91 Å². The van der Waals surface area contributed by atoms with E-state index >= 15 is 0 Å². The van der Waals surface area contributed by atoms with E-state index in [1.54, 1.807) is 0 Å². The number of aryl methyl sites for hydroxylation is 1. The second-order valence-corrected chi connectivity index (χ2v) is 6.88. The largest absolute Gasteiger partial charge is 0.491 e. The van der Waals surface area contributed by atoms with Crippen molar-refractivity contribution in [3.63, 3.8) is 0 Å². The number of fused-ring (bicyclic) bond motifs is 1. The van der Waals surface area contributed by atoms with Crippen LogP contribution in [0, 0.1) is 12.8 Å². The molecule has 144 valence electrons. The zero-order chi connectivity index (χ0) is 20.0. The SMILES string of the molecule is Cc1cc(N)c2c(OC[C@@H]3CCCN3C(=O)C(C)C)cccc2n1.O=C=O. The molecule has 3 rings (SSSR count). The lowest BCUT2D eigenvalue weighted by Crippen LogP contribution is -2.41. The Hall–Kier alpha value is -2.92. The highest BCUT2D eigenvalue weighted by molar-refractivity contribution is 5.95. The first-order valence-electron chi connectivity index (χ1n) is 8.97. The summed E-state index contributed by atoms with van der Waals surface area (Å²) in [6.07, 6.45) is 2.26. The van der Waals surface area contributed by atoms with Crippen molar-refractivity contribution < 1.29 is 19.1 Å². The summed E-state index contributed by atoms with van der Waals surface area (Å²) in [4.78, 5) is 35.0. The van der Waals surface area contributed by atoms with Crippen LogP contribution in [-0.4, -0.2) is 41.1 Å². The Balaban J connectivity index is 0.000000817. The van der Waals surface area contributed by atoms with E-state index in [4.69, 9.17) is 20.1 Å². The summed E-state index contributed by atoms with van der Waals surface area (Å²) in [5.41, 5.74) is 8.58. The molecule has 1 aliphatic rings. The van der Waals surface area contributed by atoms with Gasteiger partial charge in [-0.3, -0.25) is 9.78 Å². The number of rotatable bonds is 4. The van der Waals surface area contributed by atoms with E-state index < -0.39 is 0 Å². The molecule has 1 saturated heterocycles. The van der Waals surface area contributed by atoms with E-state index in [0.29, 0.717) is 12.3 Å². The summed E-state index contributed by atoms with van der Waals surface area (Å²) in [6.45, 7) is 7.13. The fourth-order valence-electron chi connectivity index (χ4n) is 3.36. The molecule has 1 aromatic carbocycles. The van der Waals surface area contributed by atoms with E-state index in [0.717, 1.165) is 41.7 Å². The first-order valence-corrected chi connectivity index (χ1v) is 8.97. The molecule has 2 aromatic rings. The predicted octanol–water partition coefficient (Wildman–Crippen LogP) is 2.57. The molecule has 0 saturated carbocycles. The second kappa shape index (κ2) is 9.14. The number of amides is 1. The minimum Gasteiger partial charge on any atom is -0.491 e. The molecule has 1 fully saturated rings. The molecule has 27 heavy (non-hydrogen) atoms. The van der Waals surface area contributed by atoms with Crippen LogP contribution >= 0.6 is 0 Å².